The van der Waals surface area contributed by atoms with E-state index in [-0.39, 0.29) is 18.0 Å². The fourth-order valence-electron chi connectivity index (χ4n) is 2.38. The van der Waals surface area contributed by atoms with Crippen molar-refractivity contribution in [1.29, 1.82) is 0 Å². The Morgan fingerprint density at radius 2 is 1.94 bits per heavy atom. The summed E-state index contributed by atoms with van der Waals surface area (Å²) >= 11 is 0. The van der Waals surface area contributed by atoms with Gasteiger partial charge in [-0.2, -0.15) is 0 Å². The van der Waals surface area contributed by atoms with Crippen molar-refractivity contribution < 1.29 is 4.79 Å². The zero-order valence-corrected chi connectivity index (χ0v) is 9.73. The first-order chi connectivity index (χ1) is 8.34. The highest BCUT2D eigenvalue weighted by Crippen LogP contribution is 2.23. The molecule has 2 saturated heterocycles. The van der Waals surface area contributed by atoms with Gasteiger partial charge in [-0.3, -0.25) is 4.79 Å². The molecule has 90 valence electrons. The van der Waals surface area contributed by atoms with E-state index < -0.39 is 0 Å². The third-order valence-corrected chi connectivity index (χ3v) is 3.57. The van der Waals surface area contributed by atoms with E-state index in [9.17, 15) is 4.79 Å². The van der Waals surface area contributed by atoms with E-state index in [1.807, 2.05) is 23.1 Å². The van der Waals surface area contributed by atoms with E-state index in [2.05, 4.69) is 23.0 Å². The minimum Gasteiger partial charge on any atom is -0.341 e. The second kappa shape index (κ2) is 4.47. The molecule has 0 aromatic heterocycles. The molecule has 0 saturated carbocycles. The van der Waals surface area contributed by atoms with E-state index in [0.29, 0.717) is 0 Å². The highest BCUT2D eigenvalue weighted by molar-refractivity contribution is 5.82. The fourth-order valence-corrected chi connectivity index (χ4v) is 2.38. The Balaban J connectivity index is 1.63. The van der Waals surface area contributed by atoms with Crippen molar-refractivity contribution in [3.63, 3.8) is 0 Å². The maximum absolute atomic E-state index is 12.0. The lowest BCUT2D eigenvalue weighted by molar-refractivity contribution is -0.136. The Labute approximate surface area is 101 Å². The predicted molar refractivity (Wildman–Crippen MR) is 65.1 cm³/mol. The number of carbonyl (C=O) groups excluding carboxylic acids is 1. The predicted octanol–water partition coefficient (Wildman–Crippen LogP) is 0.826. The van der Waals surface area contributed by atoms with Crippen LogP contribution in [0, 0.1) is 0 Å². The molecule has 2 atom stereocenters. The zero-order valence-electron chi connectivity index (χ0n) is 9.73. The van der Waals surface area contributed by atoms with Gasteiger partial charge in [0.2, 0.25) is 5.91 Å². The van der Waals surface area contributed by atoms with Crippen molar-refractivity contribution in [2.75, 3.05) is 13.1 Å². The summed E-state index contributed by atoms with van der Waals surface area (Å²) in [5.41, 5.74) is 7.56. The number of hydrogen-bond acceptors (Lipinski definition) is 3. The molecule has 2 heterocycles. The van der Waals surface area contributed by atoms with E-state index in [0.717, 1.165) is 25.9 Å². The molecule has 1 aromatic rings. The number of rotatable bonds is 2. The molecule has 2 fully saturated rings. The van der Waals surface area contributed by atoms with Gasteiger partial charge in [0.1, 0.15) is 6.04 Å². The number of benzene rings is 1. The van der Waals surface area contributed by atoms with Crippen molar-refractivity contribution in [2.45, 2.75) is 24.9 Å². The summed E-state index contributed by atoms with van der Waals surface area (Å²) in [7, 11) is 0. The van der Waals surface area contributed by atoms with Gasteiger partial charge in [-0.05, 0) is 18.4 Å². The van der Waals surface area contributed by atoms with Gasteiger partial charge < -0.3 is 4.90 Å². The van der Waals surface area contributed by atoms with Crippen LogP contribution in [0.3, 0.4) is 0 Å². The van der Waals surface area contributed by atoms with Crippen LogP contribution in [-0.2, 0) is 4.79 Å². The van der Waals surface area contributed by atoms with E-state index in [4.69, 9.17) is 0 Å². The summed E-state index contributed by atoms with van der Waals surface area (Å²) in [6.45, 7) is 1.85. The average Bonchev–Trinajstić information content (AvgIpc) is 2.77. The molecule has 2 aliphatic rings. The lowest BCUT2D eigenvalue weighted by atomic mass is 10.0. The minimum atomic E-state index is -0.0690. The number of nitrogens with zero attached hydrogens (tertiary/aromatic N) is 1. The zero-order chi connectivity index (χ0) is 11.7. The van der Waals surface area contributed by atoms with Gasteiger partial charge >= 0.3 is 0 Å². The Bertz CT molecular complexity index is 402. The number of hydrogen-bond donors (Lipinski definition) is 2. The molecule has 2 aliphatic heterocycles. The summed E-state index contributed by atoms with van der Waals surface area (Å²) in [5, 5.41) is 0. The molecule has 2 unspecified atom stereocenters. The molecular formula is C13H17N3O. The minimum absolute atomic E-state index is 0.0690. The molecule has 4 nitrogen and oxygen atoms in total. The van der Waals surface area contributed by atoms with Crippen LogP contribution in [0.15, 0.2) is 30.3 Å². The average molecular weight is 231 g/mol. The van der Waals surface area contributed by atoms with Crippen LogP contribution in [-0.4, -0.2) is 29.9 Å². The summed E-state index contributed by atoms with van der Waals surface area (Å²) in [6, 6.07) is 10.4. The normalized spacial score (nSPS) is 27.9. The van der Waals surface area contributed by atoms with Crippen LogP contribution in [0.2, 0.25) is 0 Å². The number of amides is 1. The highest BCUT2D eigenvalue weighted by atomic mass is 16.2. The monoisotopic (exact) mass is 231 g/mol. The van der Waals surface area contributed by atoms with E-state index in [1.165, 1.54) is 5.56 Å². The molecule has 3 rings (SSSR count). The SMILES string of the molecule is O=C(C1CC(c2ccccc2)NN1)N1CCC1. The van der Waals surface area contributed by atoms with Crippen LogP contribution >= 0.6 is 0 Å². The lowest BCUT2D eigenvalue weighted by Gasteiger charge is -2.32. The maximum Gasteiger partial charge on any atom is 0.241 e. The van der Waals surface area contributed by atoms with Gasteiger partial charge in [0.15, 0.2) is 0 Å². The van der Waals surface area contributed by atoms with Crippen LogP contribution < -0.4 is 10.9 Å². The number of carbonyl (C=O) groups is 1. The first kappa shape index (κ1) is 10.7. The van der Waals surface area contributed by atoms with Gasteiger partial charge in [0, 0.05) is 19.1 Å². The van der Waals surface area contributed by atoms with Crippen LogP contribution in [0.4, 0.5) is 0 Å². The molecule has 0 bridgehead atoms. The molecule has 1 amide bonds. The van der Waals surface area contributed by atoms with Crippen molar-refractivity contribution in [3.05, 3.63) is 35.9 Å². The first-order valence-corrected chi connectivity index (χ1v) is 6.19. The van der Waals surface area contributed by atoms with Crippen molar-refractivity contribution in [3.8, 4) is 0 Å². The third-order valence-electron chi connectivity index (χ3n) is 3.57. The van der Waals surface area contributed by atoms with E-state index >= 15 is 0 Å². The largest absolute Gasteiger partial charge is 0.341 e. The molecule has 2 N–H and O–H groups in total. The number of likely N-dealkylation sites (tertiary alicyclic amines) is 1. The first-order valence-electron chi connectivity index (χ1n) is 6.19. The Morgan fingerprint density at radius 1 is 1.18 bits per heavy atom. The van der Waals surface area contributed by atoms with Crippen LogP contribution in [0.25, 0.3) is 0 Å². The molecule has 1 aromatic carbocycles. The lowest BCUT2D eigenvalue weighted by Crippen LogP contribution is -2.51. The quantitative estimate of drug-likeness (QED) is 0.792. The van der Waals surface area contributed by atoms with Crippen LogP contribution in [0.5, 0.6) is 0 Å². The smallest absolute Gasteiger partial charge is 0.241 e. The second-order valence-corrected chi connectivity index (χ2v) is 4.72. The molecule has 4 heteroatoms. The molecular weight excluding hydrogens is 214 g/mol. The standard InChI is InChI=1S/C13H17N3O/c17-13(16-7-4-8-16)12-9-11(14-15-12)10-5-2-1-3-6-10/h1-3,5-6,11-12,14-15H,4,7-9H2. The molecule has 0 radical (unpaired) electrons. The van der Waals surface area contributed by atoms with Gasteiger partial charge in [-0.25, -0.2) is 10.9 Å². The highest BCUT2D eigenvalue weighted by Gasteiger charge is 2.34. The summed E-state index contributed by atoms with van der Waals surface area (Å²) in [5.74, 6) is 0.238. The molecule has 0 spiro atoms. The molecule has 17 heavy (non-hydrogen) atoms. The Hall–Kier alpha value is -1.39. The summed E-state index contributed by atoms with van der Waals surface area (Å²) in [6.07, 6.45) is 1.98. The van der Waals surface area contributed by atoms with Crippen molar-refractivity contribution in [2.24, 2.45) is 0 Å². The third kappa shape index (κ3) is 2.06. The molecule has 0 aliphatic carbocycles. The van der Waals surface area contributed by atoms with Crippen molar-refractivity contribution in [1.82, 2.24) is 15.8 Å². The van der Waals surface area contributed by atoms with E-state index in [1.54, 1.807) is 0 Å². The van der Waals surface area contributed by atoms with Crippen LogP contribution in [0.1, 0.15) is 24.4 Å². The van der Waals surface area contributed by atoms with Gasteiger partial charge in [-0.15, -0.1) is 0 Å². The summed E-state index contributed by atoms with van der Waals surface area (Å²) < 4.78 is 0. The van der Waals surface area contributed by atoms with Gasteiger partial charge in [-0.1, -0.05) is 30.3 Å². The second-order valence-electron chi connectivity index (χ2n) is 4.72. The Morgan fingerprint density at radius 3 is 2.59 bits per heavy atom. The maximum atomic E-state index is 12.0. The summed E-state index contributed by atoms with van der Waals surface area (Å²) in [4.78, 5) is 14.0. The fraction of sp³-hybridized carbons (Fsp3) is 0.462. The van der Waals surface area contributed by atoms with Crippen molar-refractivity contribution >= 4 is 5.91 Å². The van der Waals surface area contributed by atoms with Gasteiger partial charge in [0.05, 0.1) is 0 Å². The number of nitrogens with one attached hydrogen (secondary N) is 2. The Kier molecular flexibility index (Phi) is 2.82. The van der Waals surface area contributed by atoms with Gasteiger partial charge in [0.25, 0.3) is 0 Å². The topological polar surface area (TPSA) is 44.4 Å². The number of hydrazine groups is 1.